The summed E-state index contributed by atoms with van der Waals surface area (Å²) in [6, 6.07) is 7.84. The number of fused-ring (bicyclic) bond motifs is 1. The van der Waals surface area contributed by atoms with Crippen molar-refractivity contribution in [1.29, 1.82) is 0 Å². The van der Waals surface area contributed by atoms with Crippen molar-refractivity contribution in [2.45, 2.75) is 24.6 Å². The van der Waals surface area contributed by atoms with Crippen molar-refractivity contribution in [2.24, 2.45) is 0 Å². The summed E-state index contributed by atoms with van der Waals surface area (Å²) in [5, 5.41) is 0.754. The molecule has 3 aromatic rings. The van der Waals surface area contributed by atoms with Gasteiger partial charge in [-0.25, -0.2) is 9.97 Å². The Kier molecular flexibility index (Phi) is 6.35. The maximum atomic E-state index is 12.9. The number of amides is 1. The predicted molar refractivity (Wildman–Crippen MR) is 118 cm³/mol. The standard InChI is InChI=1S/C24H24F3N3O4/c1-32-19-12-17-18(13-20(19)33-2)28-14-29-21(17)23(34-3)8-10-30(11-9-23)22(31)15-4-6-16(7-5-15)24(25,26)27/h4-7,12-14H,8-11H2,1-3H3. The summed E-state index contributed by atoms with van der Waals surface area (Å²) in [6.07, 6.45) is -2.07. The van der Waals surface area contributed by atoms with E-state index in [1.807, 2.05) is 6.07 Å². The van der Waals surface area contributed by atoms with E-state index in [1.165, 1.54) is 18.5 Å². The van der Waals surface area contributed by atoms with Gasteiger partial charge < -0.3 is 19.1 Å². The van der Waals surface area contributed by atoms with E-state index in [0.29, 0.717) is 48.6 Å². The van der Waals surface area contributed by atoms with Crippen LogP contribution < -0.4 is 9.47 Å². The average molecular weight is 475 g/mol. The Morgan fingerprint density at radius 1 is 0.971 bits per heavy atom. The van der Waals surface area contributed by atoms with Crippen molar-refractivity contribution in [1.82, 2.24) is 14.9 Å². The number of aromatic nitrogens is 2. The van der Waals surface area contributed by atoms with E-state index in [9.17, 15) is 18.0 Å². The van der Waals surface area contributed by atoms with Gasteiger partial charge in [0, 0.05) is 37.2 Å². The van der Waals surface area contributed by atoms with Crippen LogP contribution in [0, 0.1) is 0 Å². The first-order valence-corrected chi connectivity index (χ1v) is 10.6. The number of carbonyl (C=O) groups excluding carboxylic acids is 1. The van der Waals surface area contributed by atoms with Gasteiger partial charge in [0.2, 0.25) is 0 Å². The van der Waals surface area contributed by atoms with Crippen LogP contribution in [0.5, 0.6) is 11.5 Å². The quantitative estimate of drug-likeness (QED) is 0.543. The number of likely N-dealkylation sites (tertiary alicyclic amines) is 1. The van der Waals surface area contributed by atoms with Gasteiger partial charge in [0.25, 0.3) is 5.91 Å². The smallest absolute Gasteiger partial charge is 0.416 e. The molecular weight excluding hydrogens is 451 g/mol. The van der Waals surface area contributed by atoms with Crippen molar-refractivity contribution in [3.63, 3.8) is 0 Å². The number of methoxy groups -OCH3 is 3. The predicted octanol–water partition coefficient (Wildman–Crippen LogP) is 4.44. The summed E-state index contributed by atoms with van der Waals surface area (Å²) in [7, 11) is 4.69. The fraction of sp³-hybridized carbons (Fsp3) is 0.375. The molecule has 7 nitrogen and oxygen atoms in total. The summed E-state index contributed by atoms with van der Waals surface area (Å²) < 4.78 is 55.2. The number of hydrogen-bond acceptors (Lipinski definition) is 6. The molecule has 1 aliphatic rings. The lowest BCUT2D eigenvalue weighted by atomic mass is 9.85. The van der Waals surface area contributed by atoms with Gasteiger partial charge in [-0.3, -0.25) is 4.79 Å². The SMILES string of the molecule is COc1cc2ncnc(C3(OC)CCN(C(=O)c4ccc(C(F)(F)F)cc4)CC3)c2cc1OC. The molecule has 0 saturated carbocycles. The monoisotopic (exact) mass is 475 g/mol. The molecule has 0 bridgehead atoms. The molecule has 1 saturated heterocycles. The highest BCUT2D eigenvalue weighted by Gasteiger charge is 2.40. The van der Waals surface area contributed by atoms with Gasteiger partial charge in [-0.15, -0.1) is 0 Å². The van der Waals surface area contributed by atoms with Gasteiger partial charge >= 0.3 is 6.18 Å². The van der Waals surface area contributed by atoms with Crippen molar-refractivity contribution < 1.29 is 32.2 Å². The van der Waals surface area contributed by atoms with Crippen molar-refractivity contribution >= 4 is 16.8 Å². The fourth-order valence-electron chi connectivity index (χ4n) is 4.34. The second-order valence-corrected chi connectivity index (χ2v) is 8.01. The number of rotatable bonds is 5. The van der Waals surface area contributed by atoms with Gasteiger partial charge in [0.15, 0.2) is 11.5 Å². The molecule has 0 N–H and O–H groups in total. The van der Waals surface area contributed by atoms with Gasteiger partial charge in [0.1, 0.15) is 11.9 Å². The minimum absolute atomic E-state index is 0.210. The largest absolute Gasteiger partial charge is 0.493 e. The molecule has 0 spiro atoms. The highest BCUT2D eigenvalue weighted by atomic mass is 19.4. The van der Waals surface area contributed by atoms with Crippen molar-refractivity contribution in [3.05, 3.63) is 59.5 Å². The molecule has 2 heterocycles. The Balaban J connectivity index is 1.59. The molecule has 34 heavy (non-hydrogen) atoms. The number of ether oxygens (including phenoxy) is 3. The molecule has 2 aromatic carbocycles. The van der Waals surface area contributed by atoms with Crippen molar-refractivity contribution in [2.75, 3.05) is 34.4 Å². The molecule has 0 aliphatic carbocycles. The van der Waals surface area contributed by atoms with Crippen LogP contribution in [0.2, 0.25) is 0 Å². The zero-order valence-electron chi connectivity index (χ0n) is 19.0. The van der Waals surface area contributed by atoms with E-state index in [0.717, 1.165) is 17.5 Å². The average Bonchev–Trinajstić information content (AvgIpc) is 2.86. The molecule has 1 aromatic heterocycles. The molecule has 0 radical (unpaired) electrons. The second-order valence-electron chi connectivity index (χ2n) is 8.01. The number of halogens is 3. The van der Waals surface area contributed by atoms with E-state index in [2.05, 4.69) is 9.97 Å². The number of carbonyl (C=O) groups is 1. The van der Waals surface area contributed by atoms with Crippen molar-refractivity contribution in [3.8, 4) is 11.5 Å². The van der Waals surface area contributed by atoms with Crippen LogP contribution in [0.4, 0.5) is 13.2 Å². The topological polar surface area (TPSA) is 73.8 Å². The fourth-order valence-corrected chi connectivity index (χ4v) is 4.34. The first-order valence-electron chi connectivity index (χ1n) is 10.6. The maximum Gasteiger partial charge on any atom is 0.416 e. The molecule has 0 unspecified atom stereocenters. The third-order valence-electron chi connectivity index (χ3n) is 6.28. The summed E-state index contributed by atoms with van der Waals surface area (Å²) in [4.78, 5) is 23.4. The first-order chi connectivity index (χ1) is 16.2. The summed E-state index contributed by atoms with van der Waals surface area (Å²) in [6.45, 7) is 0.707. The first kappa shape index (κ1) is 23.7. The van der Waals surface area contributed by atoms with Crippen LogP contribution in [-0.4, -0.2) is 55.2 Å². The van der Waals surface area contributed by atoms with Crippen LogP contribution in [0.15, 0.2) is 42.7 Å². The van der Waals surface area contributed by atoms with Crippen LogP contribution in [0.3, 0.4) is 0 Å². The summed E-state index contributed by atoms with van der Waals surface area (Å²) in [5.74, 6) is 0.757. The van der Waals surface area contributed by atoms with Crippen LogP contribution in [-0.2, 0) is 16.5 Å². The molecule has 0 atom stereocenters. The minimum Gasteiger partial charge on any atom is -0.493 e. The van der Waals surface area contributed by atoms with Gasteiger partial charge in [0.05, 0.1) is 31.0 Å². The Morgan fingerprint density at radius 2 is 1.59 bits per heavy atom. The summed E-state index contributed by atoms with van der Waals surface area (Å²) >= 11 is 0. The zero-order chi connectivity index (χ0) is 24.5. The highest BCUT2D eigenvalue weighted by Crippen LogP contribution is 2.41. The summed E-state index contributed by atoms with van der Waals surface area (Å²) in [5.41, 5.74) is 0.00786. The highest BCUT2D eigenvalue weighted by molar-refractivity contribution is 5.94. The van der Waals surface area contributed by atoms with E-state index >= 15 is 0 Å². The number of benzene rings is 2. The Bertz CT molecular complexity index is 1190. The van der Waals surface area contributed by atoms with Crippen LogP contribution in [0.25, 0.3) is 10.9 Å². The Labute approximate surface area is 194 Å². The van der Waals surface area contributed by atoms with Gasteiger partial charge in [-0.1, -0.05) is 0 Å². The number of piperidine rings is 1. The molecule has 1 aliphatic heterocycles. The third kappa shape index (κ3) is 4.25. The van der Waals surface area contributed by atoms with E-state index in [1.54, 1.807) is 32.3 Å². The van der Waals surface area contributed by atoms with E-state index < -0.39 is 17.3 Å². The minimum atomic E-state index is -4.45. The number of hydrogen-bond donors (Lipinski definition) is 0. The zero-order valence-corrected chi connectivity index (χ0v) is 19.0. The second kappa shape index (κ2) is 9.09. The van der Waals surface area contributed by atoms with Crippen LogP contribution in [0.1, 0.15) is 34.5 Å². The van der Waals surface area contributed by atoms with Gasteiger partial charge in [-0.2, -0.15) is 13.2 Å². The molecule has 180 valence electrons. The lowest BCUT2D eigenvalue weighted by Crippen LogP contribution is -2.46. The Morgan fingerprint density at radius 3 is 2.15 bits per heavy atom. The lowest BCUT2D eigenvalue weighted by molar-refractivity contribution is -0.137. The lowest BCUT2D eigenvalue weighted by Gasteiger charge is -2.40. The number of nitrogens with zero attached hydrogens (tertiary/aromatic N) is 3. The number of alkyl halides is 3. The van der Waals surface area contributed by atoms with Gasteiger partial charge in [-0.05, 0) is 43.2 Å². The van der Waals surface area contributed by atoms with Crippen LogP contribution >= 0.6 is 0 Å². The molecule has 1 fully saturated rings. The third-order valence-corrected chi connectivity index (χ3v) is 6.28. The molecule has 4 rings (SSSR count). The Hall–Kier alpha value is -3.40. The normalized spacial score (nSPS) is 15.9. The molecular formula is C24H24F3N3O4. The molecule has 1 amide bonds. The van der Waals surface area contributed by atoms with E-state index in [-0.39, 0.29) is 11.5 Å². The maximum absolute atomic E-state index is 12.9. The molecule has 10 heteroatoms. The van der Waals surface area contributed by atoms with E-state index in [4.69, 9.17) is 14.2 Å².